The fourth-order valence-corrected chi connectivity index (χ4v) is 5.59. The summed E-state index contributed by atoms with van der Waals surface area (Å²) >= 11 is 6.17. The molecule has 4 rings (SSSR count). The number of halogens is 1. The van der Waals surface area contributed by atoms with Crippen LogP contribution in [0.1, 0.15) is 50.7 Å². The van der Waals surface area contributed by atoms with Crippen molar-refractivity contribution < 1.29 is 24.2 Å². The van der Waals surface area contributed by atoms with E-state index in [0.717, 1.165) is 24.0 Å². The van der Waals surface area contributed by atoms with Gasteiger partial charge in [-0.25, -0.2) is 4.99 Å². The number of amides is 2. The Bertz CT molecular complexity index is 1210. The molecule has 0 aliphatic carbocycles. The van der Waals surface area contributed by atoms with Gasteiger partial charge in [0.1, 0.15) is 24.2 Å². The van der Waals surface area contributed by atoms with Crippen molar-refractivity contribution in [1.82, 2.24) is 10.2 Å². The van der Waals surface area contributed by atoms with Crippen LogP contribution in [0, 0.1) is 0 Å². The Morgan fingerprint density at radius 3 is 2.71 bits per heavy atom. The van der Waals surface area contributed by atoms with E-state index in [0.29, 0.717) is 43.3 Å². The van der Waals surface area contributed by atoms with E-state index in [1.807, 2.05) is 55.5 Å². The molecule has 0 aromatic heterocycles. The summed E-state index contributed by atoms with van der Waals surface area (Å²) in [5.41, 5.74) is 7.14. The van der Waals surface area contributed by atoms with Gasteiger partial charge >= 0.3 is 0 Å². The summed E-state index contributed by atoms with van der Waals surface area (Å²) in [6.45, 7) is 4.52. The van der Waals surface area contributed by atoms with E-state index in [2.05, 4.69) is 5.32 Å². The van der Waals surface area contributed by atoms with Crippen LogP contribution >= 0.6 is 11.6 Å². The van der Waals surface area contributed by atoms with Crippen molar-refractivity contribution >= 4 is 29.3 Å². The first-order valence-electron chi connectivity index (χ1n) is 14.3. The summed E-state index contributed by atoms with van der Waals surface area (Å²) in [7, 11) is 0. The monoisotopic (exact) mass is 584 g/mol. The average molecular weight is 585 g/mol. The Morgan fingerprint density at radius 1 is 1.24 bits per heavy atom. The Morgan fingerprint density at radius 2 is 2.00 bits per heavy atom. The number of nitrogens with one attached hydrogen (secondary N) is 1. The number of nitrogens with two attached hydrogens (primary N) is 1. The maximum atomic E-state index is 14.1. The number of aliphatic hydroxyl groups excluding tert-OH is 1. The highest BCUT2D eigenvalue weighted by Gasteiger charge is 2.44. The van der Waals surface area contributed by atoms with Crippen molar-refractivity contribution in [3.05, 3.63) is 70.7 Å². The Hall–Kier alpha value is -2.98. The smallest absolute Gasteiger partial charge is 0.248 e. The van der Waals surface area contributed by atoms with E-state index in [1.165, 1.54) is 0 Å². The number of carbonyl (C=O) groups excluding carboxylic acids is 2. The number of rotatable bonds is 13. The summed E-state index contributed by atoms with van der Waals surface area (Å²) in [4.78, 5) is 33.6. The van der Waals surface area contributed by atoms with Gasteiger partial charge in [0.25, 0.3) is 0 Å². The number of aliphatic imine (C=N–C) groups is 1. The summed E-state index contributed by atoms with van der Waals surface area (Å²) in [5, 5.41) is 13.8. The van der Waals surface area contributed by atoms with E-state index in [-0.39, 0.29) is 25.0 Å². The van der Waals surface area contributed by atoms with Crippen LogP contribution in [-0.2, 0) is 32.1 Å². The van der Waals surface area contributed by atoms with Crippen LogP contribution in [0.5, 0.6) is 0 Å². The molecule has 2 aromatic carbocycles. The number of benzene rings is 2. The van der Waals surface area contributed by atoms with Crippen molar-refractivity contribution in [3.8, 4) is 0 Å². The standard InChI is InChI=1S/C31H41ClN4O5/c1-3-9-25(33)28(38)34-27(21(2)40-18-22-10-5-4-6-11-22)30(39)36-15-8-14-26(36)29-35-31(19-37,20-41-29)17-23-12-7-13-24(32)16-23/h4-7,10-13,16,21,25-27,37H,3,8-9,14-15,17-20,33H2,1-2H3,(H,34,38)/t21?,25-,26-,27-,31-/m0/s1. The van der Waals surface area contributed by atoms with Gasteiger partial charge in [0.2, 0.25) is 17.7 Å². The van der Waals surface area contributed by atoms with Crippen LogP contribution in [0.15, 0.2) is 59.6 Å². The third-order valence-corrected chi connectivity index (χ3v) is 7.93. The maximum absolute atomic E-state index is 14.1. The Labute approximate surface area is 247 Å². The summed E-state index contributed by atoms with van der Waals surface area (Å²) in [6.07, 6.45) is 2.52. The van der Waals surface area contributed by atoms with Crippen LogP contribution in [0.3, 0.4) is 0 Å². The molecule has 2 aromatic rings. The quantitative estimate of drug-likeness (QED) is 0.332. The van der Waals surface area contributed by atoms with Crippen molar-refractivity contribution in [2.45, 2.75) is 82.3 Å². The normalized spacial score (nSPS) is 22.5. The number of ether oxygens (including phenoxy) is 2. The van der Waals surface area contributed by atoms with Crippen LogP contribution in [0.4, 0.5) is 0 Å². The van der Waals surface area contributed by atoms with Gasteiger partial charge in [0.15, 0.2) is 0 Å². The fraction of sp³-hybridized carbons (Fsp3) is 0.516. The molecular weight excluding hydrogens is 544 g/mol. The minimum absolute atomic E-state index is 0.201. The first-order valence-corrected chi connectivity index (χ1v) is 14.7. The van der Waals surface area contributed by atoms with E-state index in [4.69, 9.17) is 31.8 Å². The molecule has 0 spiro atoms. The number of hydrogen-bond acceptors (Lipinski definition) is 7. The zero-order valence-electron chi connectivity index (χ0n) is 23.8. The molecule has 0 saturated carbocycles. The summed E-state index contributed by atoms with van der Waals surface area (Å²) in [6, 6.07) is 15.1. The van der Waals surface area contributed by atoms with E-state index in [1.54, 1.807) is 17.9 Å². The van der Waals surface area contributed by atoms with Gasteiger partial charge in [0.05, 0.1) is 25.4 Å². The lowest BCUT2D eigenvalue weighted by molar-refractivity contribution is -0.141. The van der Waals surface area contributed by atoms with Gasteiger partial charge in [0, 0.05) is 18.0 Å². The summed E-state index contributed by atoms with van der Waals surface area (Å²) < 4.78 is 12.1. The topological polar surface area (TPSA) is 126 Å². The van der Waals surface area contributed by atoms with Gasteiger partial charge < -0.3 is 30.5 Å². The third-order valence-electron chi connectivity index (χ3n) is 7.70. The second-order valence-corrected chi connectivity index (χ2v) is 11.4. The predicted octanol–water partition coefficient (Wildman–Crippen LogP) is 3.25. The molecule has 222 valence electrons. The van der Waals surface area contributed by atoms with Crippen LogP contribution in [0.2, 0.25) is 5.02 Å². The highest BCUT2D eigenvalue weighted by Crippen LogP contribution is 2.30. The van der Waals surface area contributed by atoms with Crippen molar-refractivity contribution in [3.63, 3.8) is 0 Å². The number of aliphatic hydroxyl groups is 1. The highest BCUT2D eigenvalue weighted by atomic mass is 35.5. The third kappa shape index (κ3) is 7.86. The van der Waals surface area contributed by atoms with Gasteiger partial charge in [-0.3, -0.25) is 9.59 Å². The molecule has 10 heteroatoms. The lowest BCUT2D eigenvalue weighted by Crippen LogP contribution is -2.58. The molecule has 41 heavy (non-hydrogen) atoms. The van der Waals surface area contributed by atoms with Crippen LogP contribution < -0.4 is 11.1 Å². The molecule has 1 saturated heterocycles. The lowest BCUT2D eigenvalue weighted by atomic mass is 9.93. The zero-order valence-corrected chi connectivity index (χ0v) is 24.6. The second-order valence-electron chi connectivity index (χ2n) is 11.0. The van der Waals surface area contributed by atoms with Crippen LogP contribution in [0.25, 0.3) is 0 Å². The zero-order chi connectivity index (χ0) is 29.4. The van der Waals surface area contributed by atoms with Crippen molar-refractivity contribution in [2.75, 3.05) is 19.8 Å². The number of carbonyl (C=O) groups is 2. The van der Waals surface area contributed by atoms with Crippen molar-refractivity contribution in [2.24, 2.45) is 10.7 Å². The molecule has 1 fully saturated rings. The first-order chi connectivity index (χ1) is 19.7. The average Bonchev–Trinajstić information content (AvgIpc) is 3.63. The van der Waals surface area contributed by atoms with Crippen molar-refractivity contribution in [1.29, 1.82) is 0 Å². The molecule has 5 atom stereocenters. The first kappa shape index (κ1) is 31.0. The van der Waals surface area contributed by atoms with Gasteiger partial charge in [-0.2, -0.15) is 0 Å². The highest BCUT2D eigenvalue weighted by molar-refractivity contribution is 6.30. The molecular formula is C31H41ClN4O5. The van der Waals surface area contributed by atoms with E-state index >= 15 is 0 Å². The van der Waals surface area contributed by atoms with Crippen LogP contribution in [-0.4, -0.2) is 77.2 Å². The lowest BCUT2D eigenvalue weighted by Gasteiger charge is -2.32. The molecule has 2 amide bonds. The Balaban J connectivity index is 1.52. The molecule has 1 unspecified atom stereocenters. The molecule has 4 N–H and O–H groups in total. The molecule has 2 aliphatic rings. The number of hydrogen-bond donors (Lipinski definition) is 3. The molecule has 2 aliphatic heterocycles. The Kier molecular flexibility index (Phi) is 10.8. The minimum atomic E-state index is -0.939. The SMILES string of the molecule is CCC[C@H](N)C(=O)N[C@H](C(=O)N1CCC[C@H]1C1=N[C@](CO)(Cc2cccc(Cl)c2)CO1)C(C)OCc1ccccc1. The van der Waals surface area contributed by atoms with Gasteiger partial charge in [-0.05, 0) is 49.4 Å². The minimum Gasteiger partial charge on any atom is -0.477 e. The molecule has 0 bridgehead atoms. The predicted molar refractivity (Wildman–Crippen MR) is 159 cm³/mol. The fourth-order valence-electron chi connectivity index (χ4n) is 5.38. The van der Waals surface area contributed by atoms with E-state index in [9.17, 15) is 14.7 Å². The van der Waals surface area contributed by atoms with Gasteiger partial charge in [-0.15, -0.1) is 0 Å². The molecule has 0 radical (unpaired) electrons. The van der Waals surface area contributed by atoms with Gasteiger partial charge in [-0.1, -0.05) is 67.4 Å². The molecule has 2 heterocycles. The second kappa shape index (κ2) is 14.3. The number of likely N-dealkylation sites (tertiary alicyclic amines) is 1. The molecule has 9 nitrogen and oxygen atoms in total. The largest absolute Gasteiger partial charge is 0.477 e. The summed E-state index contributed by atoms with van der Waals surface area (Å²) in [5.74, 6) is -0.225. The maximum Gasteiger partial charge on any atom is 0.248 e. The number of nitrogens with zero attached hydrogens (tertiary/aromatic N) is 2. The van der Waals surface area contributed by atoms with E-state index < -0.39 is 29.8 Å².